The third kappa shape index (κ3) is 4.82. The summed E-state index contributed by atoms with van der Waals surface area (Å²) in [5, 5.41) is 2.96. The van der Waals surface area contributed by atoms with Gasteiger partial charge in [-0.3, -0.25) is 4.79 Å². The molecule has 2 nitrogen and oxygen atoms in total. The predicted molar refractivity (Wildman–Crippen MR) is 75.6 cm³/mol. The maximum Gasteiger partial charge on any atom is 0.227 e. The van der Waals surface area contributed by atoms with E-state index in [0.29, 0.717) is 0 Å². The Morgan fingerprint density at radius 1 is 1.29 bits per heavy atom. The minimum Gasteiger partial charge on any atom is -0.326 e. The molecular weight excluding hydrogens is 230 g/mol. The highest BCUT2D eigenvalue weighted by atomic mass is 32.1. The van der Waals surface area contributed by atoms with Crippen molar-refractivity contribution in [3.63, 3.8) is 0 Å². The van der Waals surface area contributed by atoms with Crippen molar-refractivity contribution in [1.29, 1.82) is 0 Å². The molecule has 1 aromatic rings. The van der Waals surface area contributed by atoms with Crippen molar-refractivity contribution in [2.24, 2.45) is 5.92 Å². The molecule has 1 rings (SSSR count). The minimum atomic E-state index is 0.130. The number of rotatable bonds is 6. The molecule has 0 saturated heterocycles. The van der Waals surface area contributed by atoms with Crippen LogP contribution in [0.4, 0.5) is 5.69 Å². The molecule has 0 bridgehead atoms. The van der Waals surface area contributed by atoms with Crippen LogP contribution in [0.5, 0.6) is 0 Å². The van der Waals surface area contributed by atoms with Gasteiger partial charge in [0, 0.05) is 16.5 Å². The first kappa shape index (κ1) is 14.1. The molecule has 0 radical (unpaired) electrons. The standard InChI is InChI=1S/C14H21NOS/c1-3-5-6-11(4-2)14(16)15-12-7-9-13(17)10-8-12/h7-11,17H,3-6H2,1-2H3,(H,15,16). The fraction of sp³-hybridized carbons (Fsp3) is 0.500. The topological polar surface area (TPSA) is 29.1 Å². The second-order valence-electron chi connectivity index (χ2n) is 4.28. The number of carbonyl (C=O) groups excluding carboxylic acids is 1. The number of nitrogens with one attached hydrogen (secondary N) is 1. The highest BCUT2D eigenvalue weighted by Crippen LogP contribution is 2.17. The summed E-state index contributed by atoms with van der Waals surface area (Å²) in [6.45, 7) is 4.22. The fourth-order valence-corrected chi connectivity index (χ4v) is 1.91. The molecule has 0 spiro atoms. The van der Waals surface area contributed by atoms with Crippen molar-refractivity contribution in [3.8, 4) is 0 Å². The molecule has 0 aliphatic rings. The van der Waals surface area contributed by atoms with Gasteiger partial charge in [-0.25, -0.2) is 0 Å². The minimum absolute atomic E-state index is 0.130. The molecule has 0 aromatic heterocycles. The molecule has 17 heavy (non-hydrogen) atoms. The Bertz CT molecular complexity index is 348. The van der Waals surface area contributed by atoms with E-state index in [1.807, 2.05) is 24.3 Å². The molecular formula is C14H21NOS. The van der Waals surface area contributed by atoms with Crippen LogP contribution in [-0.4, -0.2) is 5.91 Å². The number of hydrogen-bond acceptors (Lipinski definition) is 2. The van der Waals surface area contributed by atoms with Crippen LogP contribution in [0.15, 0.2) is 29.2 Å². The van der Waals surface area contributed by atoms with Gasteiger partial charge in [0.15, 0.2) is 0 Å². The van der Waals surface area contributed by atoms with Gasteiger partial charge in [0.1, 0.15) is 0 Å². The van der Waals surface area contributed by atoms with Crippen LogP contribution < -0.4 is 5.32 Å². The molecule has 1 amide bonds. The van der Waals surface area contributed by atoms with Crippen molar-refractivity contribution in [2.45, 2.75) is 44.4 Å². The molecule has 0 heterocycles. The van der Waals surface area contributed by atoms with E-state index in [9.17, 15) is 4.79 Å². The smallest absolute Gasteiger partial charge is 0.227 e. The summed E-state index contributed by atoms with van der Waals surface area (Å²) in [5.74, 6) is 0.262. The Morgan fingerprint density at radius 2 is 1.94 bits per heavy atom. The summed E-state index contributed by atoms with van der Waals surface area (Å²) in [4.78, 5) is 12.9. The third-order valence-electron chi connectivity index (χ3n) is 2.90. The van der Waals surface area contributed by atoms with E-state index in [1.54, 1.807) is 0 Å². The lowest BCUT2D eigenvalue weighted by Crippen LogP contribution is -2.22. The van der Waals surface area contributed by atoms with Crippen LogP contribution >= 0.6 is 12.6 Å². The molecule has 94 valence electrons. The number of amides is 1. The van der Waals surface area contributed by atoms with Gasteiger partial charge < -0.3 is 5.32 Å². The first-order valence-corrected chi connectivity index (χ1v) is 6.72. The van der Waals surface area contributed by atoms with E-state index in [0.717, 1.165) is 36.3 Å². The first-order chi connectivity index (χ1) is 8.17. The quantitative estimate of drug-likeness (QED) is 0.731. The highest BCUT2D eigenvalue weighted by Gasteiger charge is 2.15. The molecule has 3 heteroatoms. The highest BCUT2D eigenvalue weighted by molar-refractivity contribution is 7.80. The Balaban J connectivity index is 2.54. The normalized spacial score (nSPS) is 12.2. The van der Waals surface area contributed by atoms with Crippen LogP contribution in [0.2, 0.25) is 0 Å². The zero-order chi connectivity index (χ0) is 12.7. The van der Waals surface area contributed by atoms with Crippen LogP contribution in [0, 0.1) is 5.92 Å². The Kier molecular flexibility index (Phi) is 6.12. The van der Waals surface area contributed by atoms with Crippen LogP contribution in [0.3, 0.4) is 0 Å². The Hall–Kier alpha value is -0.960. The molecule has 0 fully saturated rings. The molecule has 0 aliphatic heterocycles. The summed E-state index contributed by atoms with van der Waals surface area (Å²) < 4.78 is 0. The number of hydrogen-bond donors (Lipinski definition) is 2. The number of carbonyl (C=O) groups is 1. The van der Waals surface area contributed by atoms with E-state index in [1.165, 1.54) is 0 Å². The summed E-state index contributed by atoms with van der Waals surface area (Å²) in [5.41, 5.74) is 0.850. The number of unbranched alkanes of at least 4 members (excludes halogenated alkanes) is 1. The summed E-state index contributed by atoms with van der Waals surface area (Å²) in [6.07, 6.45) is 4.12. The number of benzene rings is 1. The van der Waals surface area contributed by atoms with E-state index < -0.39 is 0 Å². The second-order valence-corrected chi connectivity index (χ2v) is 4.80. The van der Waals surface area contributed by atoms with E-state index >= 15 is 0 Å². The summed E-state index contributed by atoms with van der Waals surface area (Å²) >= 11 is 4.21. The van der Waals surface area contributed by atoms with Crippen LogP contribution in [-0.2, 0) is 4.79 Å². The van der Waals surface area contributed by atoms with Crippen LogP contribution in [0.25, 0.3) is 0 Å². The van der Waals surface area contributed by atoms with Gasteiger partial charge in [-0.1, -0.05) is 26.7 Å². The average molecular weight is 251 g/mol. The first-order valence-electron chi connectivity index (χ1n) is 6.27. The van der Waals surface area contributed by atoms with Crippen molar-refractivity contribution in [2.75, 3.05) is 5.32 Å². The maximum atomic E-state index is 12.0. The summed E-state index contributed by atoms with van der Waals surface area (Å²) in [7, 11) is 0. The predicted octanol–water partition coefficient (Wildman–Crippen LogP) is 4.13. The molecule has 0 saturated carbocycles. The molecule has 0 aliphatic carbocycles. The van der Waals surface area contributed by atoms with Crippen molar-refractivity contribution >= 4 is 24.2 Å². The Morgan fingerprint density at radius 3 is 2.47 bits per heavy atom. The third-order valence-corrected chi connectivity index (χ3v) is 3.20. The average Bonchev–Trinajstić information content (AvgIpc) is 2.33. The van der Waals surface area contributed by atoms with Crippen molar-refractivity contribution in [3.05, 3.63) is 24.3 Å². The van der Waals surface area contributed by atoms with E-state index in [2.05, 4.69) is 31.8 Å². The van der Waals surface area contributed by atoms with Crippen molar-refractivity contribution < 1.29 is 4.79 Å². The van der Waals surface area contributed by atoms with Gasteiger partial charge in [0.2, 0.25) is 5.91 Å². The zero-order valence-electron chi connectivity index (χ0n) is 10.6. The second kappa shape index (κ2) is 7.38. The van der Waals surface area contributed by atoms with Gasteiger partial charge >= 0.3 is 0 Å². The Labute approximate surface area is 109 Å². The summed E-state index contributed by atoms with van der Waals surface area (Å²) in [6, 6.07) is 7.52. The molecule has 1 N–H and O–H groups in total. The van der Waals surface area contributed by atoms with Gasteiger partial charge in [-0.15, -0.1) is 12.6 Å². The molecule has 1 aromatic carbocycles. The lowest BCUT2D eigenvalue weighted by molar-refractivity contribution is -0.120. The van der Waals surface area contributed by atoms with Crippen molar-refractivity contribution in [1.82, 2.24) is 0 Å². The zero-order valence-corrected chi connectivity index (χ0v) is 11.5. The van der Waals surface area contributed by atoms with E-state index in [-0.39, 0.29) is 11.8 Å². The maximum absolute atomic E-state index is 12.0. The van der Waals surface area contributed by atoms with E-state index in [4.69, 9.17) is 0 Å². The molecule has 1 atom stereocenters. The lowest BCUT2D eigenvalue weighted by atomic mass is 9.98. The largest absolute Gasteiger partial charge is 0.326 e. The van der Waals surface area contributed by atoms with Gasteiger partial charge in [0.05, 0.1) is 0 Å². The van der Waals surface area contributed by atoms with Gasteiger partial charge in [-0.2, -0.15) is 0 Å². The number of thiol groups is 1. The molecule has 1 unspecified atom stereocenters. The SMILES string of the molecule is CCCCC(CC)C(=O)Nc1ccc(S)cc1. The monoisotopic (exact) mass is 251 g/mol. The van der Waals surface area contributed by atoms with Crippen LogP contribution in [0.1, 0.15) is 39.5 Å². The lowest BCUT2D eigenvalue weighted by Gasteiger charge is -2.14. The number of anilines is 1. The fourth-order valence-electron chi connectivity index (χ4n) is 1.76. The van der Waals surface area contributed by atoms with Gasteiger partial charge in [0.25, 0.3) is 0 Å². The van der Waals surface area contributed by atoms with Gasteiger partial charge in [-0.05, 0) is 37.1 Å².